The van der Waals surface area contributed by atoms with E-state index in [1.807, 2.05) is 0 Å². The Hall–Kier alpha value is -1.75. The van der Waals surface area contributed by atoms with E-state index in [1.54, 1.807) is 24.3 Å². The summed E-state index contributed by atoms with van der Waals surface area (Å²) in [6, 6.07) is 6.99. The van der Waals surface area contributed by atoms with E-state index >= 15 is 0 Å². The number of halogens is 1. The van der Waals surface area contributed by atoms with Crippen molar-refractivity contribution in [1.82, 2.24) is 5.32 Å². The second-order valence-electron chi connectivity index (χ2n) is 4.07. The minimum atomic E-state index is -0.937. The first-order valence-corrected chi connectivity index (χ1v) is 6.25. The minimum absolute atomic E-state index is 0.111. The van der Waals surface area contributed by atoms with Gasteiger partial charge in [-0.2, -0.15) is 0 Å². The Morgan fingerprint density at radius 3 is 2.74 bits per heavy atom. The summed E-state index contributed by atoms with van der Waals surface area (Å²) in [4.78, 5) is 22.0. The lowest BCUT2D eigenvalue weighted by Crippen LogP contribution is -2.32. The molecule has 0 bridgehead atoms. The number of benzene rings is 1. The van der Waals surface area contributed by atoms with Gasteiger partial charge in [-0.25, -0.2) is 0 Å². The Kier molecular flexibility index (Phi) is 6.15. The van der Waals surface area contributed by atoms with Gasteiger partial charge in [-0.3, -0.25) is 9.59 Å². The highest BCUT2D eigenvalue weighted by atomic mass is 35.5. The number of carbonyl (C=O) groups is 2. The number of nitrogens with one attached hydrogen (secondary N) is 1. The SMILES string of the molecule is CC(CNC(=O)CCOc1ccccc1Cl)C(=O)O. The Balaban J connectivity index is 2.24. The van der Waals surface area contributed by atoms with E-state index in [2.05, 4.69) is 5.32 Å². The third-order valence-corrected chi connectivity index (χ3v) is 2.76. The molecule has 0 aliphatic rings. The van der Waals surface area contributed by atoms with Crippen LogP contribution in [0.1, 0.15) is 13.3 Å². The molecule has 0 aromatic heterocycles. The molecule has 0 saturated carbocycles. The summed E-state index contributed by atoms with van der Waals surface area (Å²) in [5, 5.41) is 11.7. The van der Waals surface area contributed by atoms with E-state index < -0.39 is 11.9 Å². The molecule has 1 atom stereocenters. The van der Waals surface area contributed by atoms with Crippen molar-refractivity contribution in [2.24, 2.45) is 5.92 Å². The third-order valence-electron chi connectivity index (χ3n) is 2.45. The van der Waals surface area contributed by atoms with Gasteiger partial charge in [0.25, 0.3) is 0 Å². The van der Waals surface area contributed by atoms with Crippen molar-refractivity contribution in [2.75, 3.05) is 13.2 Å². The molecule has 0 heterocycles. The highest BCUT2D eigenvalue weighted by Gasteiger charge is 2.12. The summed E-state index contributed by atoms with van der Waals surface area (Å²) >= 11 is 5.89. The Labute approximate surface area is 116 Å². The van der Waals surface area contributed by atoms with Crippen LogP contribution in [0.25, 0.3) is 0 Å². The molecule has 19 heavy (non-hydrogen) atoms. The van der Waals surface area contributed by atoms with Crippen molar-refractivity contribution in [1.29, 1.82) is 0 Å². The zero-order chi connectivity index (χ0) is 14.3. The smallest absolute Gasteiger partial charge is 0.308 e. The standard InChI is InChI=1S/C13H16ClNO4/c1-9(13(17)18)8-15-12(16)6-7-19-11-5-3-2-4-10(11)14/h2-5,9H,6-8H2,1H3,(H,15,16)(H,17,18). The number of ether oxygens (including phenoxy) is 1. The van der Waals surface area contributed by atoms with Crippen LogP contribution in [0.15, 0.2) is 24.3 Å². The van der Waals surface area contributed by atoms with Crippen LogP contribution in [-0.4, -0.2) is 30.1 Å². The lowest BCUT2D eigenvalue weighted by Gasteiger charge is -2.10. The average molecular weight is 286 g/mol. The molecule has 0 fully saturated rings. The predicted octanol–water partition coefficient (Wildman–Crippen LogP) is 1.95. The van der Waals surface area contributed by atoms with Crippen LogP contribution in [0.2, 0.25) is 5.02 Å². The predicted molar refractivity (Wildman–Crippen MR) is 71.4 cm³/mol. The van der Waals surface area contributed by atoms with Gasteiger partial charge in [-0.1, -0.05) is 30.7 Å². The molecule has 0 aliphatic heterocycles. The van der Waals surface area contributed by atoms with Gasteiger partial charge in [0.15, 0.2) is 0 Å². The molecule has 1 amide bonds. The van der Waals surface area contributed by atoms with Crippen molar-refractivity contribution < 1.29 is 19.4 Å². The maximum absolute atomic E-state index is 11.4. The number of hydrogen-bond donors (Lipinski definition) is 2. The Morgan fingerprint density at radius 2 is 2.11 bits per heavy atom. The zero-order valence-corrected chi connectivity index (χ0v) is 11.3. The maximum atomic E-state index is 11.4. The molecule has 1 aromatic rings. The van der Waals surface area contributed by atoms with Gasteiger partial charge in [0.2, 0.25) is 5.91 Å². The highest BCUT2D eigenvalue weighted by Crippen LogP contribution is 2.22. The van der Waals surface area contributed by atoms with Crippen LogP contribution >= 0.6 is 11.6 Å². The van der Waals surface area contributed by atoms with Crippen molar-refractivity contribution in [3.8, 4) is 5.75 Å². The van der Waals surface area contributed by atoms with Gasteiger partial charge in [-0.05, 0) is 12.1 Å². The lowest BCUT2D eigenvalue weighted by molar-refractivity contribution is -0.141. The van der Waals surface area contributed by atoms with E-state index in [1.165, 1.54) is 6.92 Å². The quantitative estimate of drug-likeness (QED) is 0.803. The molecule has 1 aromatic carbocycles. The number of para-hydroxylation sites is 1. The molecule has 104 valence electrons. The molecule has 6 heteroatoms. The van der Waals surface area contributed by atoms with E-state index in [-0.39, 0.29) is 25.5 Å². The number of carboxylic acid groups (broad SMARTS) is 1. The van der Waals surface area contributed by atoms with Crippen LogP contribution in [-0.2, 0) is 9.59 Å². The number of rotatable bonds is 7. The molecule has 5 nitrogen and oxygen atoms in total. The number of amides is 1. The number of carbonyl (C=O) groups excluding carboxylic acids is 1. The fourth-order valence-electron chi connectivity index (χ4n) is 1.26. The molecular formula is C13H16ClNO4. The van der Waals surface area contributed by atoms with Crippen LogP contribution in [0, 0.1) is 5.92 Å². The summed E-state index contributed by atoms with van der Waals surface area (Å²) in [7, 11) is 0. The Morgan fingerprint density at radius 1 is 1.42 bits per heavy atom. The van der Waals surface area contributed by atoms with Gasteiger partial charge in [-0.15, -0.1) is 0 Å². The minimum Gasteiger partial charge on any atom is -0.491 e. The van der Waals surface area contributed by atoms with Crippen LogP contribution < -0.4 is 10.1 Å². The largest absolute Gasteiger partial charge is 0.491 e. The van der Waals surface area contributed by atoms with Gasteiger partial charge in [0.05, 0.1) is 24.0 Å². The van der Waals surface area contributed by atoms with Crippen molar-refractivity contribution >= 4 is 23.5 Å². The van der Waals surface area contributed by atoms with Gasteiger partial charge in [0.1, 0.15) is 5.75 Å². The third kappa shape index (κ3) is 5.61. The Bertz CT molecular complexity index is 450. The molecular weight excluding hydrogens is 270 g/mol. The first kappa shape index (κ1) is 15.3. The summed E-state index contributed by atoms with van der Waals surface area (Å²) in [5.41, 5.74) is 0. The monoisotopic (exact) mass is 285 g/mol. The zero-order valence-electron chi connectivity index (χ0n) is 10.6. The summed E-state index contributed by atoms with van der Waals surface area (Å²) in [5.74, 6) is -1.27. The van der Waals surface area contributed by atoms with Crippen LogP contribution in [0.4, 0.5) is 0 Å². The van der Waals surface area contributed by atoms with Crippen molar-refractivity contribution in [2.45, 2.75) is 13.3 Å². The highest BCUT2D eigenvalue weighted by molar-refractivity contribution is 6.32. The molecule has 0 aliphatic carbocycles. The molecule has 0 radical (unpaired) electrons. The maximum Gasteiger partial charge on any atom is 0.308 e. The second-order valence-corrected chi connectivity index (χ2v) is 4.48. The van der Waals surface area contributed by atoms with Crippen molar-refractivity contribution in [3.05, 3.63) is 29.3 Å². The molecule has 0 spiro atoms. The number of hydrogen-bond acceptors (Lipinski definition) is 3. The van der Waals surface area contributed by atoms with Crippen molar-refractivity contribution in [3.63, 3.8) is 0 Å². The van der Waals surface area contributed by atoms with E-state index in [0.717, 1.165) is 0 Å². The first-order valence-electron chi connectivity index (χ1n) is 5.87. The normalized spacial score (nSPS) is 11.7. The molecule has 1 unspecified atom stereocenters. The number of aliphatic carboxylic acids is 1. The van der Waals surface area contributed by atoms with E-state index in [0.29, 0.717) is 10.8 Å². The van der Waals surface area contributed by atoms with Crippen LogP contribution in [0.5, 0.6) is 5.75 Å². The fraction of sp³-hybridized carbons (Fsp3) is 0.385. The summed E-state index contributed by atoms with van der Waals surface area (Å²) in [6.45, 7) is 1.83. The fourth-order valence-corrected chi connectivity index (χ4v) is 1.45. The van der Waals surface area contributed by atoms with E-state index in [4.69, 9.17) is 21.4 Å². The van der Waals surface area contributed by atoms with Gasteiger partial charge < -0.3 is 15.2 Å². The van der Waals surface area contributed by atoms with E-state index in [9.17, 15) is 9.59 Å². The summed E-state index contributed by atoms with van der Waals surface area (Å²) in [6.07, 6.45) is 0.150. The second kappa shape index (κ2) is 7.63. The molecule has 0 saturated heterocycles. The first-order chi connectivity index (χ1) is 9.00. The average Bonchev–Trinajstić information content (AvgIpc) is 2.38. The van der Waals surface area contributed by atoms with Crippen LogP contribution in [0.3, 0.4) is 0 Å². The topological polar surface area (TPSA) is 75.6 Å². The molecule has 1 rings (SSSR count). The van der Waals surface area contributed by atoms with Gasteiger partial charge in [0, 0.05) is 6.54 Å². The lowest BCUT2D eigenvalue weighted by atomic mass is 10.2. The van der Waals surface area contributed by atoms with Gasteiger partial charge >= 0.3 is 5.97 Å². The molecule has 2 N–H and O–H groups in total. The summed E-state index contributed by atoms with van der Waals surface area (Å²) < 4.78 is 5.35. The number of carboxylic acids is 1.